The number of hydrogen-bond acceptors (Lipinski definition) is 5. The molecule has 0 radical (unpaired) electrons. The Kier molecular flexibility index (Phi) is 6.30. The summed E-state index contributed by atoms with van der Waals surface area (Å²) < 4.78 is 2.64. The number of amides is 1. The molecule has 0 atom stereocenters. The molecular formula is C18H16ClN3O3S2. The molecule has 0 unspecified atom stereocenters. The summed E-state index contributed by atoms with van der Waals surface area (Å²) in [6.45, 7) is 2.58. The molecule has 1 amide bonds. The zero-order valence-corrected chi connectivity index (χ0v) is 16.8. The molecule has 0 aliphatic carbocycles. The van der Waals surface area contributed by atoms with Gasteiger partial charge in [-0.1, -0.05) is 22.9 Å². The van der Waals surface area contributed by atoms with Crippen LogP contribution in [-0.4, -0.2) is 21.2 Å². The standard InChI is InChI=1S/C18H16ClN3O3S2/c1-2-21-15-8-5-13(22(24)25)11-16(15)27-18(21)20-17(23)9-10-26-14-6-3-12(19)4-7-14/h3-8,11H,2,9-10H2,1H3. The lowest BCUT2D eigenvalue weighted by molar-refractivity contribution is -0.384. The molecule has 0 saturated heterocycles. The smallest absolute Gasteiger partial charge is 0.270 e. The van der Waals surface area contributed by atoms with Gasteiger partial charge in [0.15, 0.2) is 4.80 Å². The highest BCUT2D eigenvalue weighted by Crippen LogP contribution is 2.24. The largest absolute Gasteiger partial charge is 0.317 e. The maximum Gasteiger partial charge on any atom is 0.270 e. The lowest BCUT2D eigenvalue weighted by Crippen LogP contribution is -2.15. The molecule has 140 valence electrons. The molecule has 0 fully saturated rings. The van der Waals surface area contributed by atoms with Crippen LogP contribution in [0.4, 0.5) is 5.69 Å². The molecule has 0 spiro atoms. The van der Waals surface area contributed by atoms with Gasteiger partial charge in [0, 0.05) is 40.8 Å². The Labute approximate surface area is 168 Å². The summed E-state index contributed by atoms with van der Waals surface area (Å²) in [7, 11) is 0. The van der Waals surface area contributed by atoms with Gasteiger partial charge in [-0.15, -0.1) is 11.8 Å². The number of nitrogens with zero attached hydrogens (tertiary/aromatic N) is 3. The number of thioether (sulfide) groups is 1. The van der Waals surface area contributed by atoms with Crippen LogP contribution >= 0.6 is 34.7 Å². The number of nitro benzene ring substituents is 1. The Morgan fingerprint density at radius 3 is 2.70 bits per heavy atom. The predicted molar refractivity (Wildman–Crippen MR) is 110 cm³/mol. The van der Waals surface area contributed by atoms with E-state index in [1.807, 2.05) is 35.8 Å². The number of nitro groups is 1. The van der Waals surface area contributed by atoms with Crippen LogP contribution in [0.1, 0.15) is 13.3 Å². The van der Waals surface area contributed by atoms with Crippen LogP contribution in [-0.2, 0) is 11.3 Å². The summed E-state index contributed by atoms with van der Waals surface area (Å²) >= 11 is 8.72. The molecular weight excluding hydrogens is 406 g/mol. The van der Waals surface area contributed by atoms with Crippen molar-refractivity contribution in [2.45, 2.75) is 24.8 Å². The summed E-state index contributed by atoms with van der Waals surface area (Å²) in [5.74, 6) is 0.409. The number of carbonyl (C=O) groups excluding carboxylic acids is 1. The monoisotopic (exact) mass is 421 g/mol. The van der Waals surface area contributed by atoms with E-state index in [4.69, 9.17) is 11.6 Å². The zero-order valence-electron chi connectivity index (χ0n) is 14.4. The number of thiazole rings is 1. The quantitative estimate of drug-likeness (QED) is 0.322. The highest BCUT2D eigenvalue weighted by Gasteiger charge is 2.12. The van der Waals surface area contributed by atoms with Crippen molar-refractivity contribution in [3.63, 3.8) is 0 Å². The van der Waals surface area contributed by atoms with E-state index in [9.17, 15) is 14.9 Å². The first-order valence-electron chi connectivity index (χ1n) is 8.21. The van der Waals surface area contributed by atoms with Crippen LogP contribution < -0.4 is 4.80 Å². The van der Waals surface area contributed by atoms with Gasteiger partial charge in [-0.3, -0.25) is 14.9 Å². The van der Waals surface area contributed by atoms with Crippen LogP contribution in [0.15, 0.2) is 52.4 Å². The van der Waals surface area contributed by atoms with Crippen LogP contribution in [0.5, 0.6) is 0 Å². The number of halogens is 1. The fraction of sp³-hybridized carbons (Fsp3) is 0.222. The van der Waals surface area contributed by atoms with E-state index in [0.717, 1.165) is 15.1 Å². The molecule has 1 heterocycles. The van der Waals surface area contributed by atoms with Crippen molar-refractivity contribution in [1.29, 1.82) is 0 Å². The third kappa shape index (κ3) is 4.77. The lowest BCUT2D eigenvalue weighted by atomic mass is 10.3. The number of aryl methyl sites for hydroxylation is 1. The van der Waals surface area contributed by atoms with Crippen LogP contribution in [0, 0.1) is 10.1 Å². The molecule has 2 aromatic carbocycles. The minimum absolute atomic E-state index is 0.0317. The first-order valence-corrected chi connectivity index (χ1v) is 10.4. The second-order valence-electron chi connectivity index (χ2n) is 5.60. The van der Waals surface area contributed by atoms with Crippen molar-refractivity contribution in [2.24, 2.45) is 4.99 Å². The first kappa shape index (κ1) is 19.6. The van der Waals surface area contributed by atoms with E-state index in [-0.39, 0.29) is 11.6 Å². The number of hydrogen-bond donors (Lipinski definition) is 0. The Balaban J connectivity index is 1.76. The van der Waals surface area contributed by atoms with Gasteiger partial charge in [0.1, 0.15) is 0 Å². The topological polar surface area (TPSA) is 77.5 Å². The van der Waals surface area contributed by atoms with Crippen molar-refractivity contribution in [3.8, 4) is 0 Å². The molecule has 0 saturated carbocycles. The number of non-ortho nitro benzene ring substituents is 1. The minimum atomic E-state index is -0.425. The Hall–Kier alpha value is -2.16. The average molecular weight is 422 g/mol. The van der Waals surface area contributed by atoms with Crippen molar-refractivity contribution < 1.29 is 9.72 Å². The zero-order chi connectivity index (χ0) is 19.4. The van der Waals surface area contributed by atoms with Crippen LogP contribution in [0.3, 0.4) is 0 Å². The molecule has 0 aliphatic rings. The SMILES string of the molecule is CCn1c(=NC(=O)CCSc2ccc(Cl)cc2)sc2cc([N+](=O)[O-])ccc21. The van der Waals surface area contributed by atoms with E-state index in [0.29, 0.717) is 28.5 Å². The Bertz CT molecular complexity index is 1060. The van der Waals surface area contributed by atoms with Crippen molar-refractivity contribution >= 4 is 56.5 Å². The second-order valence-corrected chi connectivity index (χ2v) is 8.21. The third-order valence-electron chi connectivity index (χ3n) is 3.81. The number of aromatic nitrogens is 1. The van der Waals surface area contributed by atoms with Gasteiger partial charge in [0.05, 0.1) is 15.1 Å². The second kappa shape index (κ2) is 8.69. The predicted octanol–water partition coefficient (Wildman–Crippen LogP) is 4.89. The Morgan fingerprint density at radius 1 is 1.30 bits per heavy atom. The summed E-state index contributed by atoms with van der Waals surface area (Å²) in [4.78, 5) is 28.6. The molecule has 3 rings (SSSR count). The highest BCUT2D eigenvalue weighted by molar-refractivity contribution is 7.99. The molecule has 0 bridgehead atoms. The number of carbonyl (C=O) groups is 1. The van der Waals surface area contributed by atoms with E-state index >= 15 is 0 Å². The van der Waals surface area contributed by atoms with Crippen LogP contribution in [0.2, 0.25) is 5.02 Å². The lowest BCUT2D eigenvalue weighted by Gasteiger charge is -2.01. The van der Waals surface area contributed by atoms with Crippen molar-refractivity contribution in [2.75, 3.05) is 5.75 Å². The fourth-order valence-electron chi connectivity index (χ4n) is 2.52. The number of fused-ring (bicyclic) bond motifs is 1. The van der Waals surface area contributed by atoms with E-state index in [1.54, 1.807) is 17.8 Å². The maximum atomic E-state index is 12.3. The molecule has 1 aromatic heterocycles. The van der Waals surface area contributed by atoms with Gasteiger partial charge in [-0.05, 0) is 37.3 Å². The molecule has 0 aliphatic heterocycles. The Morgan fingerprint density at radius 2 is 2.04 bits per heavy atom. The summed E-state index contributed by atoms with van der Waals surface area (Å²) in [6, 6.07) is 12.2. The van der Waals surface area contributed by atoms with Crippen molar-refractivity contribution in [3.05, 3.63) is 62.4 Å². The van der Waals surface area contributed by atoms with Gasteiger partial charge in [-0.25, -0.2) is 0 Å². The van der Waals surface area contributed by atoms with Gasteiger partial charge in [-0.2, -0.15) is 4.99 Å². The van der Waals surface area contributed by atoms with E-state index in [1.165, 1.54) is 23.5 Å². The van der Waals surface area contributed by atoms with Crippen molar-refractivity contribution in [1.82, 2.24) is 4.57 Å². The average Bonchev–Trinajstić information content (AvgIpc) is 2.99. The third-order valence-corrected chi connectivity index (χ3v) is 6.12. The van der Waals surface area contributed by atoms with E-state index < -0.39 is 4.92 Å². The number of rotatable bonds is 6. The normalized spacial score (nSPS) is 11.9. The van der Waals surface area contributed by atoms with Gasteiger partial charge < -0.3 is 4.57 Å². The summed E-state index contributed by atoms with van der Waals surface area (Å²) in [6.07, 6.45) is 0.311. The van der Waals surface area contributed by atoms with Gasteiger partial charge >= 0.3 is 0 Å². The minimum Gasteiger partial charge on any atom is -0.317 e. The fourth-order valence-corrected chi connectivity index (χ4v) is 4.63. The van der Waals surface area contributed by atoms with E-state index in [2.05, 4.69) is 4.99 Å². The van der Waals surface area contributed by atoms with Crippen LogP contribution in [0.25, 0.3) is 10.2 Å². The molecule has 27 heavy (non-hydrogen) atoms. The molecule has 6 nitrogen and oxygen atoms in total. The molecule has 0 N–H and O–H groups in total. The van der Waals surface area contributed by atoms with Gasteiger partial charge in [0.2, 0.25) is 5.91 Å². The molecule has 9 heteroatoms. The highest BCUT2D eigenvalue weighted by atomic mass is 35.5. The first-order chi connectivity index (χ1) is 13.0. The maximum absolute atomic E-state index is 12.3. The number of benzene rings is 2. The molecule has 3 aromatic rings. The summed E-state index contributed by atoms with van der Waals surface area (Å²) in [5.41, 5.74) is 0.874. The summed E-state index contributed by atoms with van der Waals surface area (Å²) in [5, 5.41) is 11.6. The van der Waals surface area contributed by atoms with Gasteiger partial charge in [0.25, 0.3) is 5.69 Å².